The molecule has 1 N–H and O–H groups in total. The van der Waals surface area contributed by atoms with Gasteiger partial charge in [-0.05, 0) is 45.7 Å². The van der Waals surface area contributed by atoms with Crippen molar-refractivity contribution in [1.29, 1.82) is 0 Å². The number of hydrogen-bond donors (Lipinski definition) is 1. The Morgan fingerprint density at radius 3 is 2.56 bits per heavy atom. The number of likely N-dealkylation sites (tertiary alicyclic amines) is 1. The predicted molar refractivity (Wildman–Crippen MR) is 96.7 cm³/mol. The van der Waals surface area contributed by atoms with Gasteiger partial charge in [-0.25, -0.2) is 4.79 Å². The van der Waals surface area contributed by atoms with E-state index in [4.69, 9.17) is 4.74 Å². The van der Waals surface area contributed by atoms with Gasteiger partial charge in [0.15, 0.2) is 0 Å². The fourth-order valence-corrected chi connectivity index (χ4v) is 2.97. The van der Waals surface area contributed by atoms with E-state index in [0.29, 0.717) is 38.5 Å². The minimum absolute atomic E-state index is 0.0502. The van der Waals surface area contributed by atoms with Crippen molar-refractivity contribution < 1.29 is 14.3 Å². The highest BCUT2D eigenvalue weighted by Gasteiger charge is 2.23. The molecule has 138 valence electrons. The molecule has 1 aliphatic heterocycles. The Balaban J connectivity index is 1.93. The fraction of sp³-hybridized carbons (Fsp3) is 0.611. The number of amides is 2. The van der Waals surface area contributed by atoms with E-state index in [1.165, 1.54) is 0 Å². The summed E-state index contributed by atoms with van der Waals surface area (Å²) in [4.78, 5) is 31.8. The molecule has 1 fully saturated rings. The lowest BCUT2D eigenvalue weighted by atomic mass is 10.1. The zero-order chi connectivity index (χ0) is 18.2. The standard InChI is InChI=1S/C18H28N4O3/c1-4-21(5-2)17(23)16-13-15(7-10-19-16)20-14-8-11-22(12-9-14)18(24)25-6-3/h7,10,13-14H,4-6,8-9,11-12H2,1-3H3,(H,19,20). The van der Waals surface area contributed by atoms with E-state index in [1.54, 1.807) is 22.1 Å². The molecule has 1 aliphatic rings. The van der Waals surface area contributed by atoms with Crippen LogP contribution in [0.5, 0.6) is 0 Å². The van der Waals surface area contributed by atoms with Crippen LogP contribution in [0.25, 0.3) is 0 Å². The van der Waals surface area contributed by atoms with Gasteiger partial charge in [-0.3, -0.25) is 9.78 Å². The molecular formula is C18H28N4O3. The summed E-state index contributed by atoms with van der Waals surface area (Å²) in [6.45, 7) is 8.81. The van der Waals surface area contributed by atoms with E-state index < -0.39 is 0 Å². The van der Waals surface area contributed by atoms with Crippen molar-refractivity contribution in [3.05, 3.63) is 24.0 Å². The molecule has 0 aliphatic carbocycles. The smallest absolute Gasteiger partial charge is 0.409 e. The first-order valence-corrected chi connectivity index (χ1v) is 9.02. The number of hydrogen-bond acceptors (Lipinski definition) is 5. The zero-order valence-corrected chi connectivity index (χ0v) is 15.3. The molecule has 0 spiro atoms. The quantitative estimate of drug-likeness (QED) is 0.855. The summed E-state index contributed by atoms with van der Waals surface area (Å²) in [6, 6.07) is 3.94. The van der Waals surface area contributed by atoms with Crippen LogP contribution in [0.2, 0.25) is 0 Å². The molecule has 1 aromatic rings. The monoisotopic (exact) mass is 348 g/mol. The Morgan fingerprint density at radius 1 is 1.28 bits per heavy atom. The molecule has 2 heterocycles. The summed E-state index contributed by atoms with van der Waals surface area (Å²) in [5, 5.41) is 3.45. The van der Waals surface area contributed by atoms with E-state index in [9.17, 15) is 9.59 Å². The Morgan fingerprint density at radius 2 is 1.96 bits per heavy atom. The maximum Gasteiger partial charge on any atom is 0.409 e. The molecule has 2 amide bonds. The fourth-order valence-electron chi connectivity index (χ4n) is 2.97. The first-order chi connectivity index (χ1) is 12.1. The number of ether oxygens (including phenoxy) is 1. The van der Waals surface area contributed by atoms with Crippen LogP contribution in [0.1, 0.15) is 44.1 Å². The van der Waals surface area contributed by atoms with Crippen molar-refractivity contribution in [2.45, 2.75) is 39.7 Å². The first-order valence-electron chi connectivity index (χ1n) is 9.02. The second-order valence-corrected chi connectivity index (χ2v) is 6.01. The molecular weight excluding hydrogens is 320 g/mol. The third kappa shape index (κ3) is 5.08. The number of nitrogens with one attached hydrogen (secondary N) is 1. The molecule has 0 bridgehead atoms. The molecule has 0 saturated carbocycles. The summed E-state index contributed by atoms with van der Waals surface area (Å²) in [5.41, 5.74) is 1.35. The number of piperidine rings is 1. The second kappa shape index (κ2) is 9.25. The maximum atomic E-state index is 12.4. The SMILES string of the molecule is CCOC(=O)N1CCC(Nc2ccnc(C(=O)N(CC)CC)c2)CC1. The molecule has 0 atom stereocenters. The van der Waals surface area contributed by atoms with Gasteiger partial charge in [-0.1, -0.05) is 0 Å². The van der Waals surface area contributed by atoms with Crippen LogP contribution >= 0.6 is 0 Å². The van der Waals surface area contributed by atoms with Gasteiger partial charge in [0.2, 0.25) is 0 Å². The first kappa shape index (κ1) is 19.0. The summed E-state index contributed by atoms with van der Waals surface area (Å²) in [6.07, 6.45) is 3.12. The van der Waals surface area contributed by atoms with E-state index in [-0.39, 0.29) is 18.0 Å². The minimum atomic E-state index is -0.239. The van der Waals surface area contributed by atoms with Crippen molar-refractivity contribution in [2.24, 2.45) is 0 Å². The van der Waals surface area contributed by atoms with E-state index in [1.807, 2.05) is 26.8 Å². The van der Waals surface area contributed by atoms with Crippen molar-refractivity contribution in [2.75, 3.05) is 38.1 Å². The summed E-state index contributed by atoms with van der Waals surface area (Å²) >= 11 is 0. The highest BCUT2D eigenvalue weighted by atomic mass is 16.6. The summed E-state index contributed by atoms with van der Waals surface area (Å²) < 4.78 is 5.04. The maximum absolute atomic E-state index is 12.4. The summed E-state index contributed by atoms with van der Waals surface area (Å²) in [7, 11) is 0. The van der Waals surface area contributed by atoms with E-state index in [0.717, 1.165) is 18.5 Å². The van der Waals surface area contributed by atoms with Crippen LogP contribution in [0, 0.1) is 0 Å². The van der Waals surface area contributed by atoms with Crippen molar-refractivity contribution in [3.8, 4) is 0 Å². The zero-order valence-electron chi connectivity index (χ0n) is 15.3. The van der Waals surface area contributed by atoms with Crippen LogP contribution in [-0.4, -0.2) is 65.6 Å². The topological polar surface area (TPSA) is 74.8 Å². The lowest BCUT2D eigenvalue weighted by Crippen LogP contribution is -2.42. The van der Waals surface area contributed by atoms with Gasteiger partial charge in [0.1, 0.15) is 5.69 Å². The molecule has 0 radical (unpaired) electrons. The van der Waals surface area contributed by atoms with Crippen LogP contribution in [0.4, 0.5) is 10.5 Å². The van der Waals surface area contributed by atoms with E-state index in [2.05, 4.69) is 10.3 Å². The third-order valence-electron chi connectivity index (χ3n) is 4.42. The lowest BCUT2D eigenvalue weighted by Gasteiger charge is -2.32. The van der Waals surface area contributed by atoms with Gasteiger partial charge in [-0.15, -0.1) is 0 Å². The van der Waals surface area contributed by atoms with E-state index >= 15 is 0 Å². The molecule has 1 aromatic heterocycles. The normalized spacial score (nSPS) is 14.9. The van der Waals surface area contributed by atoms with Gasteiger partial charge in [-0.2, -0.15) is 0 Å². The van der Waals surface area contributed by atoms with Crippen LogP contribution < -0.4 is 5.32 Å². The molecule has 25 heavy (non-hydrogen) atoms. The van der Waals surface area contributed by atoms with Crippen molar-refractivity contribution >= 4 is 17.7 Å². The molecule has 2 rings (SSSR count). The van der Waals surface area contributed by atoms with Crippen molar-refractivity contribution in [3.63, 3.8) is 0 Å². The van der Waals surface area contributed by atoms with Crippen LogP contribution in [-0.2, 0) is 4.74 Å². The average Bonchev–Trinajstić information content (AvgIpc) is 2.63. The highest BCUT2D eigenvalue weighted by Crippen LogP contribution is 2.18. The number of carbonyl (C=O) groups is 2. The average molecular weight is 348 g/mol. The number of carbonyl (C=O) groups excluding carboxylic acids is 2. The number of anilines is 1. The number of rotatable bonds is 6. The molecule has 0 unspecified atom stereocenters. The number of pyridine rings is 1. The van der Waals surface area contributed by atoms with Crippen LogP contribution in [0.15, 0.2) is 18.3 Å². The van der Waals surface area contributed by atoms with Crippen LogP contribution in [0.3, 0.4) is 0 Å². The predicted octanol–water partition coefficient (Wildman–Crippen LogP) is 2.60. The molecule has 0 aromatic carbocycles. The highest BCUT2D eigenvalue weighted by molar-refractivity contribution is 5.93. The molecule has 7 heteroatoms. The Bertz CT molecular complexity index is 581. The van der Waals surface area contributed by atoms with Gasteiger partial charge in [0.05, 0.1) is 6.61 Å². The molecule has 1 saturated heterocycles. The molecule has 7 nitrogen and oxygen atoms in total. The number of nitrogens with zero attached hydrogens (tertiary/aromatic N) is 3. The third-order valence-corrected chi connectivity index (χ3v) is 4.42. The lowest BCUT2D eigenvalue weighted by molar-refractivity contribution is 0.0767. The van der Waals surface area contributed by atoms with Gasteiger partial charge >= 0.3 is 6.09 Å². The van der Waals surface area contributed by atoms with Gasteiger partial charge in [0.25, 0.3) is 5.91 Å². The second-order valence-electron chi connectivity index (χ2n) is 6.01. The Labute approximate surface area is 149 Å². The largest absolute Gasteiger partial charge is 0.450 e. The minimum Gasteiger partial charge on any atom is -0.450 e. The Hall–Kier alpha value is -2.31. The van der Waals surface area contributed by atoms with Gasteiger partial charge < -0.3 is 19.9 Å². The summed E-state index contributed by atoms with van der Waals surface area (Å²) in [5.74, 6) is -0.0502. The Kier molecular flexibility index (Phi) is 7.03. The van der Waals surface area contributed by atoms with Crippen molar-refractivity contribution in [1.82, 2.24) is 14.8 Å². The van der Waals surface area contributed by atoms with Gasteiger partial charge in [0, 0.05) is 44.1 Å². The number of aromatic nitrogens is 1.